The van der Waals surface area contributed by atoms with Gasteiger partial charge < -0.3 is 25.8 Å². The molecule has 1 aliphatic heterocycles. The number of piperidine rings is 1. The highest BCUT2D eigenvalue weighted by Crippen LogP contribution is 2.47. The number of amides is 2. The summed E-state index contributed by atoms with van der Waals surface area (Å²) in [6, 6.07) is 2.88. The summed E-state index contributed by atoms with van der Waals surface area (Å²) in [5, 5.41) is 19.4. The summed E-state index contributed by atoms with van der Waals surface area (Å²) in [6.45, 7) is -0.275. The van der Waals surface area contributed by atoms with E-state index in [1.165, 1.54) is 12.1 Å². The fourth-order valence-corrected chi connectivity index (χ4v) is 5.57. The van der Waals surface area contributed by atoms with Gasteiger partial charge in [0.15, 0.2) is 6.61 Å². The van der Waals surface area contributed by atoms with Gasteiger partial charge in [-0.15, -0.1) is 0 Å². The maximum absolute atomic E-state index is 13.5. The molecular formula is C23H28ClF4N3O4. The van der Waals surface area contributed by atoms with Crippen molar-refractivity contribution in [2.45, 2.75) is 74.3 Å². The van der Waals surface area contributed by atoms with E-state index in [0.717, 1.165) is 6.07 Å². The third-order valence-electron chi connectivity index (χ3n) is 7.54. The third-order valence-corrected chi connectivity index (χ3v) is 7.85. The SMILES string of the molecule is O=C(COc1ccc(Cl)c(F)c1)NC12CCC(NC(=O)C3CC(C(F)(F)F)CCN3)(CC1)CC2O. The number of nitrogens with one attached hydrogen (secondary N) is 3. The Morgan fingerprint density at radius 3 is 2.54 bits per heavy atom. The zero-order valence-corrected chi connectivity index (χ0v) is 19.6. The molecule has 2 bridgehead atoms. The Morgan fingerprint density at radius 2 is 1.91 bits per heavy atom. The number of fused-ring (bicyclic) bond motifs is 3. The molecule has 12 heteroatoms. The second-order valence-electron chi connectivity index (χ2n) is 9.83. The summed E-state index contributed by atoms with van der Waals surface area (Å²) >= 11 is 5.63. The Labute approximate surface area is 204 Å². The number of rotatable bonds is 6. The van der Waals surface area contributed by atoms with Crippen molar-refractivity contribution in [3.63, 3.8) is 0 Å². The average molecular weight is 522 g/mol. The fraction of sp³-hybridized carbons (Fsp3) is 0.652. The number of benzene rings is 1. The fourth-order valence-electron chi connectivity index (χ4n) is 5.45. The molecule has 3 atom stereocenters. The number of halogens is 5. The van der Waals surface area contributed by atoms with Crippen LogP contribution in [0.1, 0.15) is 44.9 Å². The van der Waals surface area contributed by atoms with Crippen LogP contribution < -0.4 is 20.7 Å². The Bertz CT molecular complexity index is 969. The molecule has 5 rings (SSSR count). The Kier molecular flexibility index (Phi) is 7.23. The van der Waals surface area contributed by atoms with Crippen molar-refractivity contribution in [2.24, 2.45) is 5.92 Å². The van der Waals surface area contributed by atoms with E-state index < -0.39 is 52.9 Å². The highest BCUT2D eigenvalue weighted by atomic mass is 35.5. The largest absolute Gasteiger partial charge is 0.484 e. The smallest absolute Gasteiger partial charge is 0.391 e. The van der Waals surface area contributed by atoms with Crippen LogP contribution in [0.2, 0.25) is 5.02 Å². The molecule has 1 heterocycles. The molecular weight excluding hydrogens is 494 g/mol. The van der Waals surface area contributed by atoms with Crippen molar-refractivity contribution in [3.05, 3.63) is 29.0 Å². The number of aliphatic hydroxyl groups excluding tert-OH is 1. The van der Waals surface area contributed by atoms with Crippen LogP contribution in [-0.4, -0.2) is 59.5 Å². The molecule has 7 nitrogen and oxygen atoms in total. The van der Waals surface area contributed by atoms with E-state index >= 15 is 0 Å². The van der Waals surface area contributed by atoms with Gasteiger partial charge in [-0.05, 0) is 63.6 Å². The van der Waals surface area contributed by atoms with Gasteiger partial charge in [0, 0.05) is 11.6 Å². The van der Waals surface area contributed by atoms with Gasteiger partial charge in [0.05, 0.1) is 28.6 Å². The first-order valence-corrected chi connectivity index (χ1v) is 12.0. The van der Waals surface area contributed by atoms with E-state index in [4.69, 9.17) is 16.3 Å². The quantitative estimate of drug-likeness (QED) is 0.432. The lowest BCUT2D eigenvalue weighted by Gasteiger charge is -2.56. The average Bonchev–Trinajstić information content (AvgIpc) is 2.80. The van der Waals surface area contributed by atoms with Gasteiger partial charge in [-0.2, -0.15) is 13.2 Å². The van der Waals surface area contributed by atoms with Gasteiger partial charge in [0.25, 0.3) is 5.91 Å². The first-order valence-electron chi connectivity index (χ1n) is 11.6. The second-order valence-corrected chi connectivity index (χ2v) is 10.2. The molecule has 1 aromatic carbocycles. The Morgan fingerprint density at radius 1 is 1.20 bits per heavy atom. The van der Waals surface area contributed by atoms with Gasteiger partial charge in [0.2, 0.25) is 5.91 Å². The molecule has 1 aromatic rings. The minimum Gasteiger partial charge on any atom is -0.484 e. The van der Waals surface area contributed by atoms with Gasteiger partial charge in [0.1, 0.15) is 11.6 Å². The number of alkyl halides is 3. The van der Waals surface area contributed by atoms with Crippen molar-refractivity contribution < 1.29 is 37.0 Å². The topological polar surface area (TPSA) is 99.7 Å². The molecule has 4 N–H and O–H groups in total. The Hall–Kier alpha value is -2.11. The highest BCUT2D eigenvalue weighted by Gasteiger charge is 2.56. The zero-order chi connectivity index (χ0) is 25.4. The summed E-state index contributed by atoms with van der Waals surface area (Å²) in [5.41, 5.74) is -1.62. The molecule has 194 valence electrons. The van der Waals surface area contributed by atoms with E-state index in [-0.39, 0.29) is 43.2 Å². The summed E-state index contributed by atoms with van der Waals surface area (Å²) in [5.74, 6) is -3.03. The van der Waals surface area contributed by atoms with E-state index in [1.807, 2.05) is 0 Å². The number of hydrogen-bond donors (Lipinski definition) is 4. The van der Waals surface area contributed by atoms with Crippen molar-refractivity contribution in [2.75, 3.05) is 13.2 Å². The molecule has 4 fully saturated rings. The second kappa shape index (κ2) is 9.74. The maximum atomic E-state index is 13.5. The molecule has 3 unspecified atom stereocenters. The molecule has 0 spiro atoms. The van der Waals surface area contributed by atoms with Crippen LogP contribution in [0.5, 0.6) is 5.75 Å². The van der Waals surface area contributed by atoms with Crippen molar-refractivity contribution in [1.29, 1.82) is 0 Å². The predicted molar refractivity (Wildman–Crippen MR) is 118 cm³/mol. The number of ether oxygens (including phenoxy) is 1. The number of carbonyl (C=O) groups excluding carboxylic acids is 2. The summed E-state index contributed by atoms with van der Waals surface area (Å²) in [4.78, 5) is 25.3. The number of hydrogen-bond acceptors (Lipinski definition) is 5. The first kappa shape index (κ1) is 26.0. The van der Waals surface area contributed by atoms with Gasteiger partial charge in [-0.1, -0.05) is 11.6 Å². The van der Waals surface area contributed by atoms with Crippen molar-refractivity contribution in [3.8, 4) is 5.75 Å². The zero-order valence-electron chi connectivity index (χ0n) is 18.9. The molecule has 0 aromatic heterocycles. The summed E-state index contributed by atoms with van der Waals surface area (Å²) in [6.07, 6.45) is -3.78. The van der Waals surface area contributed by atoms with Crippen LogP contribution in [0.25, 0.3) is 0 Å². The molecule has 1 saturated heterocycles. The van der Waals surface area contributed by atoms with Gasteiger partial charge in [-0.3, -0.25) is 9.59 Å². The van der Waals surface area contributed by atoms with Crippen LogP contribution >= 0.6 is 11.6 Å². The predicted octanol–water partition coefficient (Wildman–Crippen LogP) is 2.84. The molecule has 35 heavy (non-hydrogen) atoms. The summed E-state index contributed by atoms with van der Waals surface area (Å²) < 4.78 is 58.2. The monoisotopic (exact) mass is 521 g/mol. The Balaban J connectivity index is 1.31. The molecule has 3 saturated carbocycles. The normalized spacial score (nSPS) is 32.7. The lowest BCUT2D eigenvalue weighted by atomic mass is 9.59. The lowest BCUT2D eigenvalue weighted by Crippen LogP contribution is -2.71. The van der Waals surface area contributed by atoms with Gasteiger partial charge >= 0.3 is 6.18 Å². The van der Waals surface area contributed by atoms with E-state index in [9.17, 15) is 32.3 Å². The number of aliphatic hydroxyl groups is 1. The minimum atomic E-state index is -4.34. The highest BCUT2D eigenvalue weighted by molar-refractivity contribution is 6.30. The van der Waals surface area contributed by atoms with Crippen LogP contribution in [0.15, 0.2) is 18.2 Å². The number of carbonyl (C=O) groups is 2. The van der Waals surface area contributed by atoms with Gasteiger partial charge in [-0.25, -0.2) is 4.39 Å². The molecule has 2 amide bonds. The van der Waals surface area contributed by atoms with Crippen LogP contribution in [0.3, 0.4) is 0 Å². The standard InChI is InChI=1S/C23H28ClF4N3O4/c24-15-2-1-14(10-16(15)25)35-12-19(33)30-22-6-4-21(5-7-22,11-18(22)32)31-20(34)17-9-13(3-8-29-17)23(26,27)28/h1-2,10,13,17-18,29,32H,3-9,11-12H2,(H,30,33)(H,31,34). The van der Waals surface area contributed by atoms with Crippen molar-refractivity contribution >= 4 is 23.4 Å². The third kappa shape index (κ3) is 5.67. The minimum absolute atomic E-state index is 0.0595. The molecule has 4 aliphatic rings. The van der Waals surface area contributed by atoms with Crippen molar-refractivity contribution in [1.82, 2.24) is 16.0 Å². The lowest BCUT2D eigenvalue weighted by molar-refractivity contribution is -0.183. The van der Waals surface area contributed by atoms with Crippen LogP contribution in [0, 0.1) is 11.7 Å². The first-order chi connectivity index (χ1) is 16.4. The summed E-state index contributed by atoms with van der Waals surface area (Å²) in [7, 11) is 0. The molecule has 0 radical (unpaired) electrons. The maximum Gasteiger partial charge on any atom is 0.391 e. The van der Waals surface area contributed by atoms with Crippen LogP contribution in [0.4, 0.5) is 17.6 Å². The van der Waals surface area contributed by atoms with E-state index in [0.29, 0.717) is 25.7 Å². The van der Waals surface area contributed by atoms with Crippen LogP contribution in [-0.2, 0) is 9.59 Å². The molecule has 3 aliphatic carbocycles. The van der Waals surface area contributed by atoms with E-state index in [1.54, 1.807) is 0 Å². The van der Waals surface area contributed by atoms with E-state index in [2.05, 4.69) is 16.0 Å².